The van der Waals surface area contributed by atoms with Crippen LogP contribution in [-0.4, -0.2) is 34.7 Å². The fraction of sp³-hybridized carbons (Fsp3) is 0.600. The van der Waals surface area contributed by atoms with Gasteiger partial charge >= 0.3 is 0 Å². The summed E-state index contributed by atoms with van der Waals surface area (Å²) in [5, 5.41) is 10.6. The Balaban J connectivity index is 1.89. The molecule has 1 fully saturated rings. The van der Waals surface area contributed by atoms with Gasteiger partial charge in [-0.3, -0.25) is 4.90 Å². The Labute approximate surface area is 108 Å². The maximum absolute atomic E-state index is 10.6. The largest absolute Gasteiger partial charge is 0.491 e. The Bertz CT molecular complexity index is 444. The van der Waals surface area contributed by atoms with E-state index in [0.29, 0.717) is 6.61 Å². The number of benzene rings is 1. The summed E-state index contributed by atoms with van der Waals surface area (Å²) in [6, 6.07) is 7.89. The highest BCUT2D eigenvalue weighted by Crippen LogP contribution is 2.39. The van der Waals surface area contributed by atoms with Crippen molar-refractivity contribution < 1.29 is 9.84 Å². The van der Waals surface area contributed by atoms with Gasteiger partial charge in [0.1, 0.15) is 18.5 Å². The smallest absolute Gasteiger partial charge is 0.125 e. The van der Waals surface area contributed by atoms with Crippen molar-refractivity contribution in [2.45, 2.75) is 44.4 Å². The molecule has 0 bridgehead atoms. The van der Waals surface area contributed by atoms with Gasteiger partial charge in [-0.05, 0) is 39.3 Å². The first kappa shape index (κ1) is 12.0. The molecule has 0 radical (unpaired) electrons. The molecule has 2 unspecified atom stereocenters. The molecule has 0 aromatic heterocycles. The first-order chi connectivity index (χ1) is 8.59. The highest BCUT2D eigenvalue weighted by Gasteiger charge is 2.42. The van der Waals surface area contributed by atoms with E-state index in [0.717, 1.165) is 17.9 Å². The Morgan fingerprint density at radius 2 is 2.11 bits per heavy atom. The number of ether oxygens (including phenoxy) is 1. The average molecular weight is 247 g/mol. The van der Waals surface area contributed by atoms with Crippen molar-refractivity contribution in [2.24, 2.45) is 0 Å². The van der Waals surface area contributed by atoms with E-state index in [1.165, 1.54) is 12.8 Å². The Morgan fingerprint density at radius 1 is 1.33 bits per heavy atom. The zero-order valence-electron chi connectivity index (χ0n) is 11.1. The minimum atomic E-state index is -0.438. The lowest BCUT2D eigenvalue weighted by atomic mass is 9.94. The monoisotopic (exact) mass is 247 g/mol. The van der Waals surface area contributed by atoms with Crippen LogP contribution in [0.3, 0.4) is 0 Å². The summed E-state index contributed by atoms with van der Waals surface area (Å²) in [7, 11) is 0. The number of aliphatic hydroxyl groups excluding tert-OH is 1. The van der Waals surface area contributed by atoms with Crippen molar-refractivity contribution >= 4 is 0 Å². The van der Waals surface area contributed by atoms with E-state index >= 15 is 0 Å². The number of hydrogen-bond donors (Lipinski definition) is 1. The summed E-state index contributed by atoms with van der Waals surface area (Å²) >= 11 is 0. The van der Waals surface area contributed by atoms with Gasteiger partial charge < -0.3 is 9.84 Å². The van der Waals surface area contributed by atoms with Gasteiger partial charge in [-0.2, -0.15) is 0 Å². The predicted octanol–water partition coefficient (Wildman–Crippen LogP) is 2.36. The van der Waals surface area contributed by atoms with Crippen molar-refractivity contribution in [3.63, 3.8) is 0 Å². The first-order valence-electron chi connectivity index (χ1n) is 6.76. The summed E-state index contributed by atoms with van der Waals surface area (Å²) in [6.07, 6.45) is 1.96. The van der Waals surface area contributed by atoms with Crippen LogP contribution < -0.4 is 4.74 Å². The molecule has 18 heavy (non-hydrogen) atoms. The maximum Gasteiger partial charge on any atom is 0.125 e. The van der Waals surface area contributed by atoms with Crippen LogP contribution in [0.4, 0.5) is 0 Å². The van der Waals surface area contributed by atoms with E-state index < -0.39 is 6.10 Å². The lowest BCUT2D eigenvalue weighted by Crippen LogP contribution is -2.52. The fourth-order valence-electron chi connectivity index (χ4n) is 3.33. The summed E-state index contributed by atoms with van der Waals surface area (Å²) in [5.41, 5.74) is 1.10. The quantitative estimate of drug-likeness (QED) is 0.827. The Kier molecular flexibility index (Phi) is 2.83. The van der Waals surface area contributed by atoms with Gasteiger partial charge in [0.2, 0.25) is 0 Å². The lowest BCUT2D eigenvalue weighted by Gasteiger charge is -2.42. The minimum Gasteiger partial charge on any atom is -0.491 e. The zero-order chi connectivity index (χ0) is 12.8. The lowest BCUT2D eigenvalue weighted by molar-refractivity contribution is -0.0227. The molecule has 3 heteroatoms. The molecule has 2 heterocycles. The Morgan fingerprint density at radius 3 is 2.83 bits per heavy atom. The van der Waals surface area contributed by atoms with Crippen molar-refractivity contribution in [3.05, 3.63) is 29.8 Å². The Hall–Kier alpha value is -1.06. The summed E-state index contributed by atoms with van der Waals surface area (Å²) in [4.78, 5) is 2.41. The van der Waals surface area contributed by atoms with Crippen LogP contribution in [0.2, 0.25) is 0 Å². The number of para-hydroxylation sites is 1. The molecule has 3 rings (SSSR count). The van der Waals surface area contributed by atoms with Crippen LogP contribution in [-0.2, 0) is 0 Å². The van der Waals surface area contributed by atoms with Gasteiger partial charge in [0, 0.05) is 11.1 Å². The van der Waals surface area contributed by atoms with Crippen LogP contribution in [0.5, 0.6) is 5.75 Å². The second-order valence-electron chi connectivity index (χ2n) is 5.97. The molecule has 0 saturated carbocycles. The van der Waals surface area contributed by atoms with Crippen molar-refractivity contribution in [3.8, 4) is 5.75 Å². The molecule has 1 aromatic rings. The molecule has 2 aliphatic rings. The van der Waals surface area contributed by atoms with Crippen molar-refractivity contribution in [1.82, 2.24) is 4.90 Å². The molecular formula is C15H21NO2. The molecule has 2 atom stereocenters. The van der Waals surface area contributed by atoms with Crippen LogP contribution in [0.15, 0.2) is 24.3 Å². The molecule has 0 aliphatic carbocycles. The molecule has 98 valence electrons. The van der Waals surface area contributed by atoms with E-state index in [9.17, 15) is 5.11 Å². The third kappa shape index (κ3) is 1.82. The highest BCUT2D eigenvalue weighted by atomic mass is 16.5. The molecule has 1 N–H and O–H groups in total. The van der Waals surface area contributed by atoms with Gasteiger partial charge in [-0.1, -0.05) is 18.2 Å². The summed E-state index contributed by atoms with van der Waals surface area (Å²) in [5.74, 6) is 0.832. The van der Waals surface area contributed by atoms with Crippen LogP contribution in [0.25, 0.3) is 0 Å². The van der Waals surface area contributed by atoms with E-state index in [4.69, 9.17) is 4.74 Å². The van der Waals surface area contributed by atoms with Gasteiger partial charge in [0.05, 0.1) is 6.04 Å². The van der Waals surface area contributed by atoms with Gasteiger partial charge in [0.15, 0.2) is 0 Å². The molecule has 1 aromatic carbocycles. The minimum absolute atomic E-state index is 0.0809. The molecule has 0 amide bonds. The number of aliphatic hydroxyl groups is 1. The molecule has 2 aliphatic heterocycles. The summed E-state index contributed by atoms with van der Waals surface area (Å²) < 4.78 is 5.81. The molecular weight excluding hydrogens is 226 g/mol. The van der Waals surface area contributed by atoms with Crippen LogP contribution >= 0.6 is 0 Å². The van der Waals surface area contributed by atoms with Crippen LogP contribution in [0, 0.1) is 0 Å². The normalized spacial score (nSPS) is 30.8. The van der Waals surface area contributed by atoms with Gasteiger partial charge in [-0.25, -0.2) is 0 Å². The predicted molar refractivity (Wildman–Crippen MR) is 70.7 cm³/mol. The number of likely N-dealkylation sites (tertiary alicyclic amines) is 1. The SMILES string of the molecule is CC1(C)CCCN1C1COc2ccccc2C1O. The van der Waals surface area contributed by atoms with Crippen molar-refractivity contribution in [2.75, 3.05) is 13.2 Å². The number of rotatable bonds is 1. The number of fused-ring (bicyclic) bond motifs is 1. The van der Waals surface area contributed by atoms with Crippen LogP contribution in [0.1, 0.15) is 38.4 Å². The molecule has 0 spiro atoms. The first-order valence-corrected chi connectivity index (χ1v) is 6.76. The zero-order valence-corrected chi connectivity index (χ0v) is 11.1. The average Bonchev–Trinajstić information content (AvgIpc) is 2.70. The van der Waals surface area contributed by atoms with E-state index in [1.807, 2.05) is 24.3 Å². The highest BCUT2D eigenvalue weighted by molar-refractivity contribution is 5.37. The maximum atomic E-state index is 10.6. The number of nitrogens with zero attached hydrogens (tertiary/aromatic N) is 1. The third-order valence-electron chi connectivity index (χ3n) is 4.38. The van der Waals surface area contributed by atoms with Gasteiger partial charge in [-0.15, -0.1) is 0 Å². The van der Waals surface area contributed by atoms with E-state index in [1.54, 1.807) is 0 Å². The second-order valence-corrected chi connectivity index (χ2v) is 5.97. The third-order valence-corrected chi connectivity index (χ3v) is 4.38. The molecule has 3 nitrogen and oxygen atoms in total. The van der Waals surface area contributed by atoms with E-state index in [2.05, 4.69) is 18.7 Å². The van der Waals surface area contributed by atoms with E-state index in [-0.39, 0.29) is 11.6 Å². The standard InChI is InChI=1S/C15H21NO2/c1-15(2)8-5-9-16(15)12-10-18-13-7-4-3-6-11(13)14(12)17/h3-4,6-7,12,14,17H,5,8-10H2,1-2H3. The second kappa shape index (κ2) is 4.25. The molecule has 1 saturated heterocycles. The fourth-order valence-corrected chi connectivity index (χ4v) is 3.33. The number of hydrogen-bond acceptors (Lipinski definition) is 3. The topological polar surface area (TPSA) is 32.7 Å². The van der Waals surface area contributed by atoms with Crippen molar-refractivity contribution in [1.29, 1.82) is 0 Å². The summed E-state index contributed by atoms with van der Waals surface area (Å²) in [6.45, 7) is 6.16. The van der Waals surface area contributed by atoms with Gasteiger partial charge in [0.25, 0.3) is 0 Å².